The minimum absolute atomic E-state index is 0.191. The summed E-state index contributed by atoms with van der Waals surface area (Å²) in [6.45, 7) is 0.510. The normalized spacial score (nSPS) is 11.0. The van der Waals surface area contributed by atoms with Crippen LogP contribution in [0, 0.1) is 0 Å². The van der Waals surface area contributed by atoms with Gasteiger partial charge in [-0.25, -0.2) is 14.9 Å². The van der Waals surface area contributed by atoms with Gasteiger partial charge in [0.1, 0.15) is 5.01 Å². The summed E-state index contributed by atoms with van der Waals surface area (Å²) >= 11 is 4.85. The van der Waals surface area contributed by atoms with Gasteiger partial charge in [-0.05, 0) is 17.0 Å². The third-order valence-corrected chi connectivity index (χ3v) is 6.48. The van der Waals surface area contributed by atoms with Crippen LogP contribution in [-0.4, -0.2) is 19.7 Å². The van der Waals surface area contributed by atoms with Crippen molar-refractivity contribution >= 4 is 34.4 Å². The Bertz CT molecular complexity index is 1000. The number of thioether (sulfide) groups is 1. The number of hydrogen-bond acceptors (Lipinski definition) is 6. The molecule has 25 heavy (non-hydrogen) atoms. The summed E-state index contributed by atoms with van der Waals surface area (Å²) < 4.78 is 1.66. The predicted octanol–water partition coefficient (Wildman–Crippen LogP) is 4.10. The SMILES string of the molecule is O=c1[nH]nc(SCc2csc(-c3cccs3)n2)n1Cc1ccccc1. The van der Waals surface area contributed by atoms with E-state index in [0.717, 1.165) is 16.3 Å². The van der Waals surface area contributed by atoms with Crippen LogP contribution < -0.4 is 5.69 Å². The molecule has 4 rings (SSSR count). The molecule has 5 nitrogen and oxygen atoms in total. The zero-order valence-corrected chi connectivity index (χ0v) is 15.5. The molecular formula is C17H14N4OS3. The number of rotatable bonds is 6. The van der Waals surface area contributed by atoms with E-state index in [9.17, 15) is 4.79 Å². The van der Waals surface area contributed by atoms with Gasteiger partial charge in [0.15, 0.2) is 5.16 Å². The Morgan fingerprint density at radius 1 is 1.12 bits per heavy atom. The molecule has 3 heterocycles. The highest BCUT2D eigenvalue weighted by Gasteiger charge is 2.12. The van der Waals surface area contributed by atoms with Crippen LogP contribution in [0.1, 0.15) is 11.3 Å². The van der Waals surface area contributed by atoms with Crippen LogP contribution in [0.25, 0.3) is 9.88 Å². The Morgan fingerprint density at radius 2 is 2.00 bits per heavy atom. The molecule has 0 amide bonds. The maximum atomic E-state index is 12.0. The molecule has 0 bridgehead atoms. The number of H-pyrrole nitrogens is 1. The lowest BCUT2D eigenvalue weighted by Crippen LogP contribution is -2.18. The van der Waals surface area contributed by atoms with E-state index in [0.29, 0.717) is 17.5 Å². The number of nitrogens with one attached hydrogen (secondary N) is 1. The topological polar surface area (TPSA) is 63.6 Å². The average molecular weight is 387 g/mol. The second-order valence-electron chi connectivity index (χ2n) is 5.29. The Balaban J connectivity index is 1.48. The number of thiazole rings is 1. The number of thiophene rings is 1. The van der Waals surface area contributed by atoms with E-state index in [1.807, 2.05) is 36.4 Å². The largest absolute Gasteiger partial charge is 0.344 e. The first kappa shape index (κ1) is 16.3. The van der Waals surface area contributed by atoms with Crippen molar-refractivity contribution in [2.24, 2.45) is 0 Å². The van der Waals surface area contributed by atoms with Gasteiger partial charge in [-0.2, -0.15) is 0 Å². The van der Waals surface area contributed by atoms with Gasteiger partial charge < -0.3 is 0 Å². The molecule has 0 saturated heterocycles. The van der Waals surface area contributed by atoms with E-state index >= 15 is 0 Å². The molecule has 0 spiro atoms. The van der Waals surface area contributed by atoms with E-state index in [1.165, 1.54) is 16.6 Å². The molecule has 3 aromatic heterocycles. The van der Waals surface area contributed by atoms with Gasteiger partial charge in [0.05, 0.1) is 17.1 Å². The molecule has 126 valence electrons. The van der Waals surface area contributed by atoms with E-state index in [1.54, 1.807) is 27.2 Å². The molecule has 0 aliphatic rings. The monoisotopic (exact) mass is 386 g/mol. The Labute approximate surface area is 156 Å². The molecule has 1 N–H and O–H groups in total. The molecule has 0 unspecified atom stereocenters. The summed E-state index contributed by atoms with van der Waals surface area (Å²) in [6, 6.07) is 14.0. The van der Waals surface area contributed by atoms with Crippen molar-refractivity contribution in [1.82, 2.24) is 19.7 Å². The van der Waals surface area contributed by atoms with Gasteiger partial charge in [0, 0.05) is 11.1 Å². The summed E-state index contributed by atoms with van der Waals surface area (Å²) in [5, 5.41) is 12.5. The van der Waals surface area contributed by atoms with Gasteiger partial charge in [0.2, 0.25) is 0 Å². The molecular weight excluding hydrogens is 372 g/mol. The van der Waals surface area contributed by atoms with Crippen LogP contribution >= 0.6 is 34.4 Å². The summed E-state index contributed by atoms with van der Waals surface area (Å²) in [4.78, 5) is 17.9. The molecule has 1 aromatic carbocycles. The number of nitrogens with zero attached hydrogens (tertiary/aromatic N) is 3. The first-order chi connectivity index (χ1) is 12.3. The van der Waals surface area contributed by atoms with Crippen molar-refractivity contribution in [3.8, 4) is 9.88 Å². The second-order valence-corrected chi connectivity index (χ2v) is 8.04. The zero-order chi connectivity index (χ0) is 17.1. The molecule has 8 heteroatoms. The minimum Gasteiger partial charge on any atom is -0.266 e. The Morgan fingerprint density at radius 3 is 2.80 bits per heavy atom. The quantitative estimate of drug-likeness (QED) is 0.507. The minimum atomic E-state index is -0.191. The number of aromatic amines is 1. The summed E-state index contributed by atoms with van der Waals surface area (Å²) in [6.07, 6.45) is 0. The second kappa shape index (κ2) is 7.38. The summed E-state index contributed by atoms with van der Waals surface area (Å²) in [5.41, 5.74) is 1.88. The van der Waals surface area contributed by atoms with Crippen molar-refractivity contribution in [2.45, 2.75) is 17.5 Å². The van der Waals surface area contributed by atoms with Gasteiger partial charge in [-0.15, -0.1) is 27.8 Å². The molecule has 4 aromatic rings. The number of benzene rings is 1. The fourth-order valence-corrected chi connectivity index (χ4v) is 4.92. The zero-order valence-electron chi connectivity index (χ0n) is 13.1. The highest BCUT2D eigenvalue weighted by atomic mass is 32.2. The maximum absolute atomic E-state index is 12.0. The maximum Gasteiger partial charge on any atom is 0.344 e. The predicted molar refractivity (Wildman–Crippen MR) is 103 cm³/mol. The van der Waals surface area contributed by atoms with Crippen molar-refractivity contribution in [3.05, 3.63) is 75.0 Å². The number of hydrogen-bond donors (Lipinski definition) is 1. The summed E-state index contributed by atoms with van der Waals surface area (Å²) in [5.74, 6) is 0.682. The van der Waals surface area contributed by atoms with Gasteiger partial charge in [-0.1, -0.05) is 48.2 Å². The lowest BCUT2D eigenvalue weighted by Gasteiger charge is -2.04. The molecule has 0 fully saturated rings. The van der Waals surface area contributed by atoms with Crippen LogP contribution in [0.15, 0.2) is 63.2 Å². The van der Waals surface area contributed by atoms with Gasteiger partial charge in [0.25, 0.3) is 0 Å². The van der Waals surface area contributed by atoms with Crippen molar-refractivity contribution in [1.29, 1.82) is 0 Å². The highest BCUT2D eigenvalue weighted by molar-refractivity contribution is 7.98. The fraction of sp³-hybridized carbons (Fsp3) is 0.118. The third kappa shape index (κ3) is 3.76. The van der Waals surface area contributed by atoms with Crippen LogP contribution in [-0.2, 0) is 12.3 Å². The molecule has 0 radical (unpaired) electrons. The van der Waals surface area contributed by atoms with Gasteiger partial charge >= 0.3 is 5.69 Å². The van der Waals surface area contributed by atoms with E-state index in [2.05, 4.69) is 32.0 Å². The number of aromatic nitrogens is 4. The van der Waals surface area contributed by atoms with E-state index in [4.69, 9.17) is 0 Å². The van der Waals surface area contributed by atoms with Crippen LogP contribution in [0.4, 0.5) is 0 Å². The van der Waals surface area contributed by atoms with Crippen LogP contribution in [0.2, 0.25) is 0 Å². The lowest BCUT2D eigenvalue weighted by atomic mass is 10.2. The third-order valence-electron chi connectivity index (χ3n) is 3.54. The molecule has 0 aliphatic carbocycles. The molecule has 0 atom stereocenters. The molecule has 0 aliphatic heterocycles. The fourth-order valence-electron chi connectivity index (χ4n) is 2.34. The highest BCUT2D eigenvalue weighted by Crippen LogP contribution is 2.29. The van der Waals surface area contributed by atoms with E-state index in [-0.39, 0.29) is 5.69 Å². The standard InChI is InChI=1S/C17H14N4OS3/c22-16-19-20-17(21(16)9-12-5-2-1-3-6-12)25-11-13-10-24-15(18-13)14-7-4-8-23-14/h1-8,10H,9,11H2,(H,19,22). The van der Waals surface area contributed by atoms with E-state index < -0.39 is 0 Å². The Hall–Kier alpha value is -2.16. The van der Waals surface area contributed by atoms with Crippen molar-refractivity contribution in [2.75, 3.05) is 0 Å². The van der Waals surface area contributed by atoms with Crippen molar-refractivity contribution < 1.29 is 0 Å². The van der Waals surface area contributed by atoms with Crippen LogP contribution in [0.5, 0.6) is 0 Å². The molecule has 0 saturated carbocycles. The Kier molecular flexibility index (Phi) is 4.82. The first-order valence-corrected chi connectivity index (χ1v) is 10.3. The smallest absolute Gasteiger partial charge is 0.266 e. The first-order valence-electron chi connectivity index (χ1n) is 7.60. The van der Waals surface area contributed by atoms with Crippen molar-refractivity contribution in [3.63, 3.8) is 0 Å². The average Bonchev–Trinajstić information content (AvgIpc) is 3.37. The van der Waals surface area contributed by atoms with Crippen LogP contribution in [0.3, 0.4) is 0 Å². The van der Waals surface area contributed by atoms with Gasteiger partial charge in [-0.3, -0.25) is 4.57 Å². The summed E-state index contributed by atoms with van der Waals surface area (Å²) in [7, 11) is 0. The lowest BCUT2D eigenvalue weighted by molar-refractivity contribution is 0.687.